The first-order valence-electron chi connectivity index (χ1n) is 6.39. The van der Waals surface area contributed by atoms with Gasteiger partial charge >= 0.3 is 0 Å². The summed E-state index contributed by atoms with van der Waals surface area (Å²) in [5, 5.41) is 11.8. The van der Waals surface area contributed by atoms with Gasteiger partial charge in [-0.2, -0.15) is 5.10 Å². The minimum atomic E-state index is -0.311. The van der Waals surface area contributed by atoms with Crippen LogP contribution in [0.15, 0.2) is 36.7 Å². The fourth-order valence-electron chi connectivity index (χ4n) is 1.69. The van der Waals surface area contributed by atoms with Gasteiger partial charge in [-0.1, -0.05) is 19.1 Å². The third-order valence-corrected chi connectivity index (χ3v) is 2.72. The molecule has 0 aliphatic rings. The Balaban J connectivity index is 2.15. The van der Waals surface area contributed by atoms with Crippen LogP contribution in [0.4, 0.5) is 5.69 Å². The van der Waals surface area contributed by atoms with Crippen LogP contribution in [0.3, 0.4) is 0 Å². The van der Waals surface area contributed by atoms with Gasteiger partial charge < -0.3 is 10.6 Å². The lowest BCUT2D eigenvalue weighted by Crippen LogP contribution is -2.25. The number of rotatable bonds is 5. The lowest BCUT2D eigenvalue weighted by atomic mass is 10.1. The predicted octanol–water partition coefficient (Wildman–Crippen LogP) is 1.80. The summed E-state index contributed by atoms with van der Waals surface area (Å²) in [4.78, 5) is 24.0. The molecule has 2 rings (SSSR count). The van der Waals surface area contributed by atoms with Gasteiger partial charge in [0.1, 0.15) is 0 Å². The topological polar surface area (TPSA) is 86.9 Å². The lowest BCUT2D eigenvalue weighted by molar-refractivity contribution is 0.0954. The third kappa shape index (κ3) is 3.23. The Hall–Kier alpha value is -2.63. The molecular formula is C14H16N4O2. The van der Waals surface area contributed by atoms with E-state index in [1.165, 1.54) is 12.4 Å². The number of para-hydroxylation sites is 1. The largest absolute Gasteiger partial charge is 0.352 e. The number of carbonyl (C=O) groups is 2. The molecule has 2 amide bonds. The smallest absolute Gasteiger partial charge is 0.258 e. The molecule has 1 aromatic heterocycles. The molecule has 0 aliphatic carbocycles. The van der Waals surface area contributed by atoms with Gasteiger partial charge in [-0.25, -0.2) is 0 Å². The zero-order valence-corrected chi connectivity index (χ0v) is 11.1. The standard InChI is InChI=1S/C14H16N4O2/c1-2-7-15-14(20)11-5-3-4-6-12(11)18-13(19)10-8-16-17-9-10/h3-6,8-9H,2,7H2,1H3,(H,15,20)(H,16,17)(H,18,19). The summed E-state index contributed by atoms with van der Waals surface area (Å²) in [6.45, 7) is 2.58. The van der Waals surface area contributed by atoms with Crippen LogP contribution < -0.4 is 10.6 Å². The van der Waals surface area contributed by atoms with Crippen molar-refractivity contribution in [2.75, 3.05) is 11.9 Å². The summed E-state index contributed by atoms with van der Waals surface area (Å²) >= 11 is 0. The van der Waals surface area contributed by atoms with Crippen LogP contribution in [-0.4, -0.2) is 28.6 Å². The highest BCUT2D eigenvalue weighted by Gasteiger charge is 2.13. The van der Waals surface area contributed by atoms with Crippen molar-refractivity contribution >= 4 is 17.5 Å². The number of benzene rings is 1. The number of H-pyrrole nitrogens is 1. The minimum Gasteiger partial charge on any atom is -0.352 e. The molecule has 0 aliphatic heterocycles. The van der Waals surface area contributed by atoms with E-state index in [0.717, 1.165) is 6.42 Å². The molecule has 3 N–H and O–H groups in total. The van der Waals surface area contributed by atoms with Crippen LogP contribution in [-0.2, 0) is 0 Å². The summed E-state index contributed by atoms with van der Waals surface area (Å²) in [5.41, 5.74) is 1.33. The zero-order chi connectivity index (χ0) is 14.4. The fourth-order valence-corrected chi connectivity index (χ4v) is 1.69. The van der Waals surface area contributed by atoms with E-state index in [2.05, 4.69) is 20.8 Å². The van der Waals surface area contributed by atoms with Gasteiger partial charge in [0.15, 0.2) is 0 Å². The average Bonchev–Trinajstić information content (AvgIpc) is 2.99. The van der Waals surface area contributed by atoms with Crippen LogP contribution in [0.5, 0.6) is 0 Å². The highest BCUT2D eigenvalue weighted by Crippen LogP contribution is 2.16. The quantitative estimate of drug-likeness (QED) is 0.775. The van der Waals surface area contributed by atoms with E-state index in [0.29, 0.717) is 23.4 Å². The van der Waals surface area contributed by atoms with Crippen molar-refractivity contribution in [2.45, 2.75) is 13.3 Å². The number of carbonyl (C=O) groups excluding carboxylic acids is 2. The van der Waals surface area contributed by atoms with Gasteiger partial charge in [0.25, 0.3) is 11.8 Å². The van der Waals surface area contributed by atoms with Crippen molar-refractivity contribution in [3.05, 3.63) is 47.8 Å². The molecule has 20 heavy (non-hydrogen) atoms. The summed E-state index contributed by atoms with van der Waals surface area (Å²) in [7, 11) is 0. The maximum atomic E-state index is 12.0. The second-order valence-corrected chi connectivity index (χ2v) is 4.24. The van der Waals surface area contributed by atoms with Crippen molar-refractivity contribution in [2.24, 2.45) is 0 Å². The number of nitrogens with zero attached hydrogens (tertiary/aromatic N) is 1. The Labute approximate surface area is 116 Å². The maximum Gasteiger partial charge on any atom is 0.258 e. The van der Waals surface area contributed by atoms with Gasteiger partial charge in [-0.3, -0.25) is 14.7 Å². The van der Waals surface area contributed by atoms with Crippen molar-refractivity contribution in [3.63, 3.8) is 0 Å². The zero-order valence-electron chi connectivity index (χ0n) is 11.1. The first-order chi connectivity index (χ1) is 9.72. The van der Waals surface area contributed by atoms with E-state index >= 15 is 0 Å². The number of nitrogens with one attached hydrogen (secondary N) is 3. The molecule has 0 bridgehead atoms. The SMILES string of the molecule is CCCNC(=O)c1ccccc1NC(=O)c1cn[nH]c1. The second-order valence-electron chi connectivity index (χ2n) is 4.24. The molecule has 6 heteroatoms. The molecule has 104 valence electrons. The molecule has 2 aromatic rings. The molecule has 0 saturated heterocycles. The molecule has 0 unspecified atom stereocenters. The van der Waals surface area contributed by atoms with Crippen molar-refractivity contribution in [1.29, 1.82) is 0 Å². The van der Waals surface area contributed by atoms with E-state index < -0.39 is 0 Å². The van der Waals surface area contributed by atoms with E-state index in [1.54, 1.807) is 24.3 Å². The molecule has 0 spiro atoms. The van der Waals surface area contributed by atoms with E-state index in [-0.39, 0.29) is 11.8 Å². The summed E-state index contributed by atoms with van der Waals surface area (Å²) in [6.07, 6.45) is 3.78. The Kier molecular flexibility index (Phi) is 4.49. The Bertz CT molecular complexity index is 593. The maximum absolute atomic E-state index is 12.0. The van der Waals surface area contributed by atoms with Crippen LogP contribution >= 0.6 is 0 Å². The highest BCUT2D eigenvalue weighted by atomic mass is 16.2. The molecule has 0 saturated carbocycles. The molecule has 0 radical (unpaired) electrons. The molecule has 0 fully saturated rings. The lowest BCUT2D eigenvalue weighted by Gasteiger charge is -2.10. The van der Waals surface area contributed by atoms with Gasteiger partial charge in [0, 0.05) is 12.7 Å². The van der Waals surface area contributed by atoms with E-state index in [9.17, 15) is 9.59 Å². The summed E-state index contributed by atoms with van der Waals surface area (Å²) in [5.74, 6) is -0.510. The Morgan fingerprint density at radius 3 is 2.75 bits per heavy atom. The highest BCUT2D eigenvalue weighted by molar-refractivity contribution is 6.08. The average molecular weight is 272 g/mol. The van der Waals surface area contributed by atoms with Crippen molar-refractivity contribution in [3.8, 4) is 0 Å². The number of aromatic nitrogens is 2. The number of hydrogen-bond acceptors (Lipinski definition) is 3. The number of anilines is 1. The monoisotopic (exact) mass is 272 g/mol. The van der Waals surface area contributed by atoms with Crippen LogP contribution in [0.25, 0.3) is 0 Å². The molecule has 1 heterocycles. The van der Waals surface area contributed by atoms with Crippen molar-refractivity contribution in [1.82, 2.24) is 15.5 Å². The predicted molar refractivity (Wildman–Crippen MR) is 75.6 cm³/mol. The number of aromatic amines is 1. The van der Waals surface area contributed by atoms with Crippen molar-refractivity contribution < 1.29 is 9.59 Å². The number of amides is 2. The normalized spacial score (nSPS) is 10.1. The summed E-state index contributed by atoms with van der Waals surface area (Å²) in [6, 6.07) is 6.89. The minimum absolute atomic E-state index is 0.199. The van der Waals surface area contributed by atoms with Gasteiger partial charge in [0.05, 0.1) is 23.0 Å². The Morgan fingerprint density at radius 2 is 2.05 bits per heavy atom. The van der Waals surface area contributed by atoms with Crippen LogP contribution in [0, 0.1) is 0 Å². The first kappa shape index (κ1) is 13.8. The van der Waals surface area contributed by atoms with Gasteiger partial charge in [-0.15, -0.1) is 0 Å². The van der Waals surface area contributed by atoms with Gasteiger partial charge in [-0.05, 0) is 18.6 Å². The van der Waals surface area contributed by atoms with E-state index in [4.69, 9.17) is 0 Å². The first-order valence-corrected chi connectivity index (χ1v) is 6.39. The molecular weight excluding hydrogens is 256 g/mol. The summed E-state index contributed by atoms with van der Waals surface area (Å²) < 4.78 is 0. The van der Waals surface area contributed by atoms with Crippen LogP contribution in [0.2, 0.25) is 0 Å². The molecule has 6 nitrogen and oxygen atoms in total. The number of hydrogen-bond donors (Lipinski definition) is 3. The Morgan fingerprint density at radius 1 is 1.25 bits per heavy atom. The fraction of sp³-hybridized carbons (Fsp3) is 0.214. The molecule has 0 atom stereocenters. The second kappa shape index (κ2) is 6.51. The molecule has 1 aromatic carbocycles. The van der Waals surface area contributed by atoms with Crippen LogP contribution in [0.1, 0.15) is 34.1 Å². The van der Waals surface area contributed by atoms with Gasteiger partial charge in [0.2, 0.25) is 0 Å². The van der Waals surface area contributed by atoms with E-state index in [1.807, 2.05) is 6.92 Å². The third-order valence-electron chi connectivity index (χ3n) is 2.72.